The first-order valence-electron chi connectivity index (χ1n) is 8.94. The first-order chi connectivity index (χ1) is 14.8. The Morgan fingerprint density at radius 1 is 1.23 bits per heavy atom. The van der Waals surface area contributed by atoms with Crippen molar-refractivity contribution in [2.45, 2.75) is 0 Å². The number of H-pyrrole nitrogens is 1. The summed E-state index contributed by atoms with van der Waals surface area (Å²) >= 11 is 5.98. The van der Waals surface area contributed by atoms with E-state index in [1.807, 2.05) is 0 Å². The maximum Gasteiger partial charge on any atom is 0.260 e. The Kier molecular flexibility index (Phi) is 6.57. The molecule has 3 aromatic heterocycles. The third-order valence-electron chi connectivity index (χ3n) is 4.27. The molecule has 31 heavy (non-hydrogen) atoms. The molecule has 0 atom stereocenters. The molecular formula is C23H17ClFN3O3. The molecule has 0 amide bonds. The van der Waals surface area contributed by atoms with Gasteiger partial charge in [-0.3, -0.25) is 19.6 Å². The summed E-state index contributed by atoms with van der Waals surface area (Å²) in [5.41, 5.74) is 0.279. The van der Waals surface area contributed by atoms with Crippen molar-refractivity contribution in [1.29, 1.82) is 0 Å². The summed E-state index contributed by atoms with van der Waals surface area (Å²) in [5.74, 6) is -0.730. The van der Waals surface area contributed by atoms with Gasteiger partial charge < -0.3 is 9.72 Å². The van der Waals surface area contributed by atoms with Crippen LogP contribution in [0.3, 0.4) is 0 Å². The highest BCUT2D eigenvalue weighted by Crippen LogP contribution is 2.22. The van der Waals surface area contributed by atoms with Crippen LogP contribution in [0.1, 0.15) is 15.9 Å². The third kappa shape index (κ3) is 5.02. The number of hydrogen-bond acceptors (Lipinski definition) is 5. The van der Waals surface area contributed by atoms with Crippen molar-refractivity contribution in [1.82, 2.24) is 15.0 Å². The number of ketones is 1. The van der Waals surface area contributed by atoms with Gasteiger partial charge in [-0.1, -0.05) is 24.8 Å². The summed E-state index contributed by atoms with van der Waals surface area (Å²) < 4.78 is 18.6. The Bertz CT molecular complexity index is 1380. The second kappa shape index (κ2) is 9.32. The molecule has 3 heterocycles. The van der Waals surface area contributed by atoms with E-state index in [0.29, 0.717) is 22.1 Å². The standard InChI is InChI=1S/C23H17ClFN3O3/c1-13(24)6-19-14(2)28-23(30)22(21(19)16-8-18(31-3)12-27-10-16)20(29)5-4-15-7-17(25)11-26-9-15/h4-12H,1-2H2,3H3,(H,28,30)/b5-4+,19-6+. The molecular weight excluding hydrogens is 421 g/mol. The highest BCUT2D eigenvalue weighted by atomic mass is 35.5. The molecule has 0 saturated carbocycles. The summed E-state index contributed by atoms with van der Waals surface area (Å²) in [6.45, 7) is 7.50. The molecule has 3 aromatic rings. The third-order valence-corrected chi connectivity index (χ3v) is 4.38. The summed E-state index contributed by atoms with van der Waals surface area (Å²) in [6, 6.07) is 2.84. The number of carbonyl (C=O) groups is 1. The van der Waals surface area contributed by atoms with Gasteiger partial charge in [0, 0.05) is 39.1 Å². The molecule has 0 unspecified atom stereocenters. The minimum Gasteiger partial charge on any atom is -0.495 e. The number of rotatable bonds is 6. The number of halogens is 2. The minimum atomic E-state index is -0.646. The molecule has 0 radical (unpaired) electrons. The van der Waals surface area contributed by atoms with Gasteiger partial charge in [0.25, 0.3) is 5.56 Å². The number of allylic oxidation sites excluding steroid dienone is 2. The van der Waals surface area contributed by atoms with Crippen molar-refractivity contribution < 1.29 is 13.9 Å². The lowest BCUT2D eigenvalue weighted by Crippen LogP contribution is -2.38. The summed E-state index contributed by atoms with van der Waals surface area (Å²) in [7, 11) is 1.47. The van der Waals surface area contributed by atoms with Crippen LogP contribution in [0.15, 0.2) is 59.4 Å². The van der Waals surface area contributed by atoms with Gasteiger partial charge in [0.15, 0.2) is 5.78 Å². The fourth-order valence-electron chi connectivity index (χ4n) is 2.96. The lowest BCUT2D eigenvalue weighted by atomic mass is 9.96. The molecule has 1 N–H and O–H groups in total. The number of nitrogens with one attached hydrogen (secondary N) is 1. The largest absolute Gasteiger partial charge is 0.495 e. The van der Waals surface area contributed by atoms with Gasteiger partial charge in [-0.25, -0.2) is 4.39 Å². The molecule has 0 spiro atoms. The van der Waals surface area contributed by atoms with Gasteiger partial charge in [0.05, 0.1) is 25.1 Å². The first kappa shape index (κ1) is 21.9. The molecule has 0 aliphatic carbocycles. The van der Waals surface area contributed by atoms with Gasteiger partial charge >= 0.3 is 0 Å². The van der Waals surface area contributed by atoms with E-state index in [2.05, 4.69) is 28.1 Å². The van der Waals surface area contributed by atoms with Crippen LogP contribution in [0.2, 0.25) is 0 Å². The number of nitrogens with zero attached hydrogens (tertiary/aromatic N) is 2. The average molecular weight is 438 g/mol. The fourth-order valence-corrected chi connectivity index (χ4v) is 3.07. The zero-order valence-corrected chi connectivity index (χ0v) is 17.2. The maximum atomic E-state index is 13.4. The van der Waals surface area contributed by atoms with E-state index in [1.54, 1.807) is 6.07 Å². The van der Waals surface area contributed by atoms with Crippen LogP contribution >= 0.6 is 11.6 Å². The molecule has 8 heteroatoms. The molecule has 0 aliphatic rings. The number of carbonyl (C=O) groups excluding carboxylic acids is 1. The van der Waals surface area contributed by atoms with E-state index in [-0.39, 0.29) is 21.5 Å². The van der Waals surface area contributed by atoms with Crippen molar-refractivity contribution in [3.8, 4) is 16.9 Å². The van der Waals surface area contributed by atoms with Gasteiger partial charge in [-0.15, -0.1) is 0 Å². The van der Waals surface area contributed by atoms with Crippen LogP contribution in [-0.4, -0.2) is 27.8 Å². The number of aromatic nitrogens is 3. The van der Waals surface area contributed by atoms with Crippen molar-refractivity contribution in [2.24, 2.45) is 0 Å². The lowest BCUT2D eigenvalue weighted by molar-refractivity contribution is 0.104. The molecule has 0 aromatic carbocycles. The topological polar surface area (TPSA) is 84.9 Å². The second-order valence-electron chi connectivity index (χ2n) is 6.44. The predicted octanol–water partition coefficient (Wildman–Crippen LogP) is 2.82. The molecule has 0 bridgehead atoms. The Morgan fingerprint density at radius 3 is 2.65 bits per heavy atom. The number of aromatic amines is 1. The van der Waals surface area contributed by atoms with Gasteiger partial charge in [0.2, 0.25) is 0 Å². The zero-order valence-electron chi connectivity index (χ0n) is 16.5. The first-order valence-corrected chi connectivity index (χ1v) is 9.31. The number of ether oxygens (including phenoxy) is 1. The highest BCUT2D eigenvalue weighted by Gasteiger charge is 2.18. The Hall–Kier alpha value is -3.84. The van der Waals surface area contributed by atoms with E-state index in [0.717, 1.165) is 6.20 Å². The molecule has 156 valence electrons. The number of methoxy groups -OCH3 is 1. The quantitative estimate of drug-likeness (QED) is 0.473. The molecule has 0 aliphatic heterocycles. The fraction of sp³-hybridized carbons (Fsp3) is 0.0435. The van der Waals surface area contributed by atoms with Gasteiger partial charge in [0.1, 0.15) is 11.6 Å². The predicted molar refractivity (Wildman–Crippen MR) is 119 cm³/mol. The smallest absolute Gasteiger partial charge is 0.260 e. The summed E-state index contributed by atoms with van der Waals surface area (Å²) in [5, 5.41) is 0.826. The normalized spacial score (nSPS) is 11.6. The Labute approximate surface area is 181 Å². The van der Waals surface area contributed by atoms with Gasteiger partial charge in [-0.05, 0) is 35.9 Å². The van der Waals surface area contributed by atoms with Crippen LogP contribution in [0, 0.1) is 5.82 Å². The van der Waals surface area contributed by atoms with E-state index >= 15 is 0 Å². The van der Waals surface area contributed by atoms with Gasteiger partial charge in [-0.2, -0.15) is 0 Å². The second-order valence-corrected chi connectivity index (χ2v) is 6.92. The lowest BCUT2D eigenvalue weighted by Gasteiger charge is -2.10. The Balaban J connectivity index is 2.28. The van der Waals surface area contributed by atoms with Crippen LogP contribution in [0.5, 0.6) is 5.75 Å². The average Bonchev–Trinajstić information content (AvgIpc) is 2.73. The van der Waals surface area contributed by atoms with E-state index < -0.39 is 17.2 Å². The minimum absolute atomic E-state index is 0.160. The molecule has 3 rings (SSSR count). The van der Waals surface area contributed by atoms with Crippen LogP contribution in [0.4, 0.5) is 4.39 Å². The summed E-state index contributed by atoms with van der Waals surface area (Å²) in [4.78, 5) is 36.3. The van der Waals surface area contributed by atoms with Crippen LogP contribution in [-0.2, 0) is 0 Å². The van der Waals surface area contributed by atoms with E-state index in [9.17, 15) is 14.0 Å². The van der Waals surface area contributed by atoms with E-state index in [1.165, 1.54) is 50.0 Å². The molecule has 6 nitrogen and oxygen atoms in total. The molecule has 0 saturated heterocycles. The van der Waals surface area contributed by atoms with Crippen molar-refractivity contribution in [3.05, 3.63) is 92.5 Å². The zero-order chi connectivity index (χ0) is 22.5. The van der Waals surface area contributed by atoms with Crippen molar-refractivity contribution in [2.75, 3.05) is 7.11 Å². The Morgan fingerprint density at radius 2 is 1.97 bits per heavy atom. The van der Waals surface area contributed by atoms with Crippen LogP contribution < -0.4 is 20.9 Å². The highest BCUT2D eigenvalue weighted by molar-refractivity contribution is 6.33. The maximum absolute atomic E-state index is 13.4. The molecule has 0 fully saturated rings. The van der Waals surface area contributed by atoms with Crippen LogP contribution in [0.25, 0.3) is 29.9 Å². The number of hydrogen-bond donors (Lipinski definition) is 1. The number of pyridine rings is 3. The van der Waals surface area contributed by atoms with Crippen molar-refractivity contribution in [3.63, 3.8) is 0 Å². The van der Waals surface area contributed by atoms with Crippen molar-refractivity contribution >= 4 is 36.1 Å². The summed E-state index contributed by atoms with van der Waals surface area (Å²) in [6.07, 6.45) is 9.44. The monoisotopic (exact) mass is 437 g/mol. The van der Waals surface area contributed by atoms with E-state index in [4.69, 9.17) is 16.3 Å². The SMILES string of the molecule is C=C(Cl)/C=c1/c(-c2cncc(OC)c2)c(C(=O)/C=C/c2cncc(F)c2)c(=O)[nH]c1=C.